The number of unbranched alkanes of at least 4 members (excludes halogenated alkanes) is 2. The minimum Gasteiger partial charge on any atom is -0.494 e. The molecule has 0 amide bonds. The molecule has 1 unspecified atom stereocenters. The van der Waals surface area contributed by atoms with Crippen LogP contribution in [0.3, 0.4) is 0 Å². The van der Waals surface area contributed by atoms with E-state index >= 15 is 0 Å². The summed E-state index contributed by atoms with van der Waals surface area (Å²) in [6, 6.07) is 29.7. The van der Waals surface area contributed by atoms with Gasteiger partial charge in [0.1, 0.15) is 34.5 Å². The summed E-state index contributed by atoms with van der Waals surface area (Å²) in [6.07, 6.45) is 3.60. The zero-order chi connectivity index (χ0) is 45.0. The van der Waals surface area contributed by atoms with Crippen molar-refractivity contribution in [1.82, 2.24) is 0 Å². The number of esters is 5. The summed E-state index contributed by atoms with van der Waals surface area (Å²) >= 11 is 0. The second-order valence-corrected chi connectivity index (χ2v) is 13.6. The molecule has 0 bridgehead atoms. The van der Waals surface area contributed by atoms with Gasteiger partial charge in [-0.3, -0.25) is 0 Å². The van der Waals surface area contributed by atoms with Crippen LogP contribution in [0.15, 0.2) is 141 Å². The van der Waals surface area contributed by atoms with E-state index in [1.54, 1.807) is 61.5 Å². The molecule has 14 heteroatoms. The first-order valence-electron chi connectivity index (χ1n) is 19.9. The van der Waals surface area contributed by atoms with Crippen molar-refractivity contribution < 1.29 is 67.0 Å². The SMILES string of the molecule is C=CC(=O)OCCCCOc1ccc(C(=O)Oc2ccc(C(=O)Oc3ccc(OC(=O)c4ccc(OC(O)c5ccc(OCCCCOC(=O)C=C)cc5)cc4)c(C)c3)cc2)cc1. The lowest BCUT2D eigenvalue weighted by Gasteiger charge is -2.15. The highest BCUT2D eigenvalue weighted by Crippen LogP contribution is 2.27. The predicted octanol–water partition coefficient (Wildman–Crippen LogP) is 8.50. The Morgan fingerprint density at radius 1 is 0.508 bits per heavy atom. The van der Waals surface area contributed by atoms with Gasteiger partial charge in [0.15, 0.2) is 0 Å². The molecule has 0 aliphatic rings. The molecule has 0 saturated heterocycles. The van der Waals surface area contributed by atoms with Crippen molar-refractivity contribution >= 4 is 29.8 Å². The van der Waals surface area contributed by atoms with Gasteiger partial charge in [0.05, 0.1) is 43.1 Å². The van der Waals surface area contributed by atoms with Gasteiger partial charge in [0.25, 0.3) is 0 Å². The van der Waals surface area contributed by atoms with Gasteiger partial charge in [0, 0.05) is 17.7 Å². The van der Waals surface area contributed by atoms with Crippen molar-refractivity contribution in [3.63, 3.8) is 0 Å². The van der Waals surface area contributed by atoms with Crippen LogP contribution in [0.5, 0.6) is 34.5 Å². The Balaban J connectivity index is 1.03. The van der Waals surface area contributed by atoms with E-state index in [0.29, 0.717) is 72.8 Å². The summed E-state index contributed by atoms with van der Waals surface area (Å²) in [5, 5.41) is 10.6. The second kappa shape index (κ2) is 23.9. The number of carbonyl (C=O) groups excluding carboxylic acids is 5. The van der Waals surface area contributed by atoms with Gasteiger partial charge in [-0.05, 0) is 153 Å². The van der Waals surface area contributed by atoms with Crippen LogP contribution in [-0.4, -0.2) is 61.4 Å². The number of ether oxygens (including phenoxy) is 8. The van der Waals surface area contributed by atoms with Gasteiger partial charge in [0.2, 0.25) is 6.29 Å². The van der Waals surface area contributed by atoms with Crippen LogP contribution in [-0.2, 0) is 19.1 Å². The van der Waals surface area contributed by atoms with E-state index in [2.05, 4.69) is 13.2 Å². The van der Waals surface area contributed by atoms with E-state index in [4.69, 9.17) is 37.9 Å². The maximum absolute atomic E-state index is 13.0. The summed E-state index contributed by atoms with van der Waals surface area (Å²) in [5.74, 6) is -0.616. The summed E-state index contributed by atoms with van der Waals surface area (Å²) in [4.78, 5) is 60.7. The first-order chi connectivity index (χ1) is 30.5. The van der Waals surface area contributed by atoms with Gasteiger partial charge in [-0.15, -0.1) is 0 Å². The molecule has 326 valence electrons. The molecule has 1 atom stereocenters. The predicted molar refractivity (Wildman–Crippen MR) is 229 cm³/mol. The summed E-state index contributed by atoms with van der Waals surface area (Å²) in [6.45, 7) is 9.80. The molecule has 0 radical (unpaired) electrons. The van der Waals surface area contributed by atoms with Crippen molar-refractivity contribution in [1.29, 1.82) is 0 Å². The molecule has 0 aliphatic heterocycles. The number of hydrogen-bond acceptors (Lipinski definition) is 14. The number of rotatable bonds is 23. The van der Waals surface area contributed by atoms with E-state index in [-0.39, 0.29) is 41.6 Å². The summed E-state index contributed by atoms with van der Waals surface area (Å²) in [5.41, 5.74) is 1.77. The van der Waals surface area contributed by atoms with Gasteiger partial charge in [-0.1, -0.05) is 13.2 Å². The molecule has 14 nitrogen and oxygen atoms in total. The first-order valence-corrected chi connectivity index (χ1v) is 19.9. The van der Waals surface area contributed by atoms with Crippen LogP contribution in [0, 0.1) is 6.92 Å². The lowest BCUT2D eigenvalue weighted by Crippen LogP contribution is -2.11. The zero-order valence-corrected chi connectivity index (χ0v) is 34.5. The Morgan fingerprint density at radius 3 is 1.38 bits per heavy atom. The molecular weight excluding hydrogens is 813 g/mol. The fraction of sp³-hybridized carbons (Fsp3) is 0.204. The van der Waals surface area contributed by atoms with Crippen molar-refractivity contribution in [2.75, 3.05) is 26.4 Å². The average Bonchev–Trinajstić information content (AvgIpc) is 3.30. The molecule has 5 aromatic carbocycles. The Morgan fingerprint density at radius 2 is 0.905 bits per heavy atom. The molecule has 0 saturated carbocycles. The highest BCUT2D eigenvalue weighted by atomic mass is 16.6. The Hall–Kier alpha value is -7.71. The highest BCUT2D eigenvalue weighted by Gasteiger charge is 2.16. The van der Waals surface area contributed by atoms with E-state index < -0.39 is 36.1 Å². The normalized spacial score (nSPS) is 11.0. The Bertz CT molecular complexity index is 2330. The van der Waals surface area contributed by atoms with E-state index in [9.17, 15) is 29.1 Å². The standard InChI is InChI=1S/C49H46O14/c1-4-44(50)58-30-8-6-28-56-38-18-10-34(11-19-38)46(52)60-40-22-14-36(15-23-40)48(54)62-42-26-27-43(33(3)32-42)63-49(55)37-16-24-41(25-17-37)61-47(53)35-12-20-39(21-13-35)57-29-7-9-31-59-45(51)5-2/h4-5,10-27,32,47,53H,1-2,6-9,28-31H2,3H3. The quantitative estimate of drug-likeness (QED) is 0.0217. The fourth-order valence-corrected chi connectivity index (χ4v) is 5.48. The van der Waals surface area contributed by atoms with Crippen LogP contribution >= 0.6 is 0 Å². The van der Waals surface area contributed by atoms with Gasteiger partial charge in [-0.2, -0.15) is 0 Å². The molecule has 0 aromatic heterocycles. The van der Waals surface area contributed by atoms with Crippen LogP contribution in [0.25, 0.3) is 0 Å². The summed E-state index contributed by atoms with van der Waals surface area (Å²) in [7, 11) is 0. The summed E-state index contributed by atoms with van der Waals surface area (Å²) < 4.78 is 43.4. The number of aliphatic hydroxyl groups is 1. The molecule has 1 N–H and O–H groups in total. The maximum Gasteiger partial charge on any atom is 0.343 e. The monoisotopic (exact) mass is 858 g/mol. The molecule has 0 spiro atoms. The van der Waals surface area contributed by atoms with E-state index in [1.807, 2.05) is 0 Å². The molecule has 0 fully saturated rings. The Labute approximate surface area is 364 Å². The van der Waals surface area contributed by atoms with Gasteiger partial charge >= 0.3 is 29.8 Å². The van der Waals surface area contributed by atoms with E-state index in [1.165, 1.54) is 60.7 Å². The smallest absolute Gasteiger partial charge is 0.343 e. The molecular formula is C49H46O14. The maximum atomic E-state index is 13.0. The Kier molecular flexibility index (Phi) is 17.6. The number of aryl methyl sites for hydroxylation is 1. The highest BCUT2D eigenvalue weighted by molar-refractivity contribution is 5.93. The lowest BCUT2D eigenvalue weighted by molar-refractivity contribution is -0.138. The molecule has 5 rings (SSSR count). The molecule has 63 heavy (non-hydrogen) atoms. The van der Waals surface area contributed by atoms with Gasteiger partial charge in [-0.25, -0.2) is 24.0 Å². The number of aliphatic hydroxyl groups excluding tert-OH is 1. The largest absolute Gasteiger partial charge is 0.494 e. The van der Waals surface area contributed by atoms with Crippen molar-refractivity contribution in [3.8, 4) is 34.5 Å². The van der Waals surface area contributed by atoms with Crippen molar-refractivity contribution in [2.24, 2.45) is 0 Å². The number of carbonyl (C=O) groups is 5. The molecule has 0 aliphatic carbocycles. The minimum atomic E-state index is -1.28. The molecule has 5 aromatic rings. The first kappa shape index (κ1) is 46.4. The third-order valence-electron chi connectivity index (χ3n) is 8.89. The van der Waals surface area contributed by atoms with Crippen LogP contribution < -0.4 is 28.4 Å². The minimum absolute atomic E-state index is 0.209. The number of hydrogen-bond donors (Lipinski definition) is 1. The molecule has 0 heterocycles. The third-order valence-corrected chi connectivity index (χ3v) is 8.89. The average molecular weight is 859 g/mol. The second-order valence-electron chi connectivity index (χ2n) is 13.6. The van der Waals surface area contributed by atoms with Crippen molar-refractivity contribution in [3.05, 3.63) is 168 Å². The van der Waals surface area contributed by atoms with Crippen molar-refractivity contribution in [2.45, 2.75) is 38.9 Å². The van der Waals surface area contributed by atoms with E-state index in [0.717, 1.165) is 12.2 Å². The number of benzene rings is 5. The topological polar surface area (TPSA) is 179 Å². The third kappa shape index (κ3) is 15.1. The fourth-order valence-electron chi connectivity index (χ4n) is 5.48. The van der Waals surface area contributed by atoms with Crippen LogP contribution in [0.1, 0.15) is 74.2 Å². The van der Waals surface area contributed by atoms with Crippen LogP contribution in [0.2, 0.25) is 0 Å². The van der Waals surface area contributed by atoms with Gasteiger partial charge < -0.3 is 43.0 Å². The lowest BCUT2D eigenvalue weighted by atomic mass is 10.2. The van der Waals surface area contributed by atoms with Crippen LogP contribution in [0.4, 0.5) is 0 Å². The zero-order valence-electron chi connectivity index (χ0n) is 34.5.